The van der Waals surface area contributed by atoms with Crippen molar-refractivity contribution in [2.24, 2.45) is 0 Å². The summed E-state index contributed by atoms with van der Waals surface area (Å²) in [6.45, 7) is 3.29. The minimum atomic E-state index is -1.24. The zero-order valence-corrected chi connectivity index (χ0v) is 17.9. The van der Waals surface area contributed by atoms with E-state index in [0.29, 0.717) is 27.5 Å². The number of aliphatic carboxylic acids is 1. The fourth-order valence-corrected chi connectivity index (χ4v) is 3.94. The first-order chi connectivity index (χ1) is 15.7. The van der Waals surface area contributed by atoms with Gasteiger partial charge in [-0.15, -0.1) is 0 Å². The molecule has 0 radical (unpaired) electrons. The van der Waals surface area contributed by atoms with Crippen molar-refractivity contribution < 1.29 is 29.3 Å². The molecule has 170 valence electrons. The van der Waals surface area contributed by atoms with Crippen LogP contribution in [0.25, 0.3) is 21.9 Å². The number of nitrogens with one attached hydrogen (secondary N) is 2. The minimum absolute atomic E-state index is 0.00885. The predicted octanol–water partition coefficient (Wildman–Crippen LogP) is 2.66. The Hall–Kier alpha value is -4.27. The smallest absolute Gasteiger partial charge is 0.340 e. The van der Waals surface area contributed by atoms with Crippen LogP contribution < -0.4 is 10.9 Å². The van der Waals surface area contributed by atoms with Gasteiger partial charge in [0, 0.05) is 34.5 Å². The van der Waals surface area contributed by atoms with Crippen molar-refractivity contribution in [1.82, 2.24) is 10.3 Å². The normalized spacial score (nSPS) is 12.2. The number of amides is 1. The number of hydrogen-bond acceptors (Lipinski definition) is 6. The predicted molar refractivity (Wildman–Crippen MR) is 121 cm³/mol. The van der Waals surface area contributed by atoms with Gasteiger partial charge in [-0.05, 0) is 55.3 Å². The van der Waals surface area contributed by atoms with Gasteiger partial charge in [-0.1, -0.05) is 0 Å². The van der Waals surface area contributed by atoms with Crippen molar-refractivity contribution in [1.29, 1.82) is 0 Å². The SMILES string of the molecule is Cc1c(CC(=O)N[C@H](Cc2c[nH]c3ccc(O)cc23)C(=O)O)c(=O)oc2c(C)c(O)ccc12. The molecule has 0 spiro atoms. The lowest BCUT2D eigenvalue weighted by molar-refractivity contribution is -0.141. The maximum absolute atomic E-state index is 12.7. The van der Waals surface area contributed by atoms with Gasteiger partial charge in [0.15, 0.2) is 0 Å². The van der Waals surface area contributed by atoms with E-state index < -0.39 is 23.5 Å². The number of carboxylic acid groups (broad SMARTS) is 1. The van der Waals surface area contributed by atoms with Crippen LogP contribution in [0.1, 0.15) is 22.3 Å². The molecule has 2 heterocycles. The summed E-state index contributed by atoms with van der Waals surface area (Å²) in [5, 5.41) is 32.9. The van der Waals surface area contributed by atoms with Gasteiger partial charge in [0.05, 0.1) is 12.0 Å². The highest BCUT2D eigenvalue weighted by atomic mass is 16.4. The fraction of sp³-hybridized carbons (Fsp3) is 0.208. The first-order valence-electron chi connectivity index (χ1n) is 10.2. The maximum atomic E-state index is 12.7. The molecule has 0 aliphatic heterocycles. The van der Waals surface area contributed by atoms with E-state index >= 15 is 0 Å². The first kappa shape index (κ1) is 21.9. The number of aromatic hydroxyl groups is 2. The molecule has 0 unspecified atom stereocenters. The first-order valence-corrected chi connectivity index (χ1v) is 10.2. The summed E-state index contributed by atoms with van der Waals surface area (Å²) < 4.78 is 5.34. The number of H-pyrrole nitrogens is 1. The highest BCUT2D eigenvalue weighted by Crippen LogP contribution is 2.28. The van der Waals surface area contributed by atoms with Gasteiger partial charge in [-0.25, -0.2) is 9.59 Å². The number of phenols is 2. The summed E-state index contributed by atoms with van der Waals surface area (Å²) in [5.41, 5.74) is 1.92. The summed E-state index contributed by atoms with van der Waals surface area (Å²) in [6.07, 6.45) is 1.25. The molecular weight excluding hydrogens is 428 g/mol. The third-order valence-electron chi connectivity index (χ3n) is 5.82. The second kappa shape index (κ2) is 8.34. The zero-order valence-electron chi connectivity index (χ0n) is 17.9. The molecule has 0 saturated heterocycles. The van der Waals surface area contributed by atoms with Crippen molar-refractivity contribution in [3.8, 4) is 11.5 Å². The van der Waals surface area contributed by atoms with Crippen molar-refractivity contribution in [3.05, 3.63) is 69.2 Å². The summed E-state index contributed by atoms with van der Waals surface area (Å²) in [6, 6.07) is 6.54. The van der Waals surface area contributed by atoms with E-state index in [0.717, 1.165) is 5.52 Å². The summed E-state index contributed by atoms with van der Waals surface area (Å²) in [5.74, 6) is -1.84. The number of benzene rings is 2. The van der Waals surface area contributed by atoms with E-state index in [1.165, 1.54) is 18.2 Å². The number of hydrogen-bond donors (Lipinski definition) is 5. The molecule has 0 saturated carbocycles. The number of aryl methyl sites for hydroxylation is 2. The largest absolute Gasteiger partial charge is 0.508 e. The maximum Gasteiger partial charge on any atom is 0.340 e. The summed E-state index contributed by atoms with van der Waals surface area (Å²) >= 11 is 0. The molecule has 9 nitrogen and oxygen atoms in total. The standard InChI is InChI=1S/C24H22N2O7/c1-11-15-4-6-20(28)12(2)22(15)33-24(32)16(11)9-21(29)26-19(23(30)31)7-13-10-25-18-5-3-14(27)8-17(13)18/h3-6,8,10,19,25,27-28H,7,9H2,1-2H3,(H,26,29)(H,30,31)/t19-/m1/s1. The number of aromatic amines is 1. The number of carbonyl (C=O) groups excluding carboxylic acids is 1. The molecule has 1 atom stereocenters. The fourth-order valence-electron chi connectivity index (χ4n) is 3.94. The monoisotopic (exact) mass is 450 g/mol. The van der Waals surface area contributed by atoms with E-state index in [1.54, 1.807) is 32.2 Å². The third kappa shape index (κ3) is 4.12. The number of fused-ring (bicyclic) bond motifs is 2. The Morgan fingerprint density at radius 1 is 1.09 bits per heavy atom. The van der Waals surface area contributed by atoms with Crippen LogP contribution in [0.4, 0.5) is 0 Å². The van der Waals surface area contributed by atoms with Crippen LogP contribution in [0.2, 0.25) is 0 Å². The molecule has 4 rings (SSSR count). The van der Waals surface area contributed by atoms with E-state index in [1.807, 2.05) is 0 Å². The zero-order chi connectivity index (χ0) is 23.9. The molecule has 0 aliphatic carbocycles. The Morgan fingerprint density at radius 3 is 2.58 bits per heavy atom. The lowest BCUT2D eigenvalue weighted by atomic mass is 10.0. The average Bonchev–Trinajstić information content (AvgIpc) is 3.15. The quantitative estimate of drug-likeness (QED) is 0.283. The Labute approximate surface area is 187 Å². The lowest BCUT2D eigenvalue weighted by Crippen LogP contribution is -2.43. The van der Waals surface area contributed by atoms with Crippen LogP contribution in [0.15, 0.2) is 45.7 Å². The van der Waals surface area contributed by atoms with Gasteiger partial charge in [0.1, 0.15) is 23.1 Å². The number of carboxylic acids is 1. The van der Waals surface area contributed by atoms with Gasteiger partial charge < -0.3 is 30.0 Å². The van der Waals surface area contributed by atoms with E-state index in [4.69, 9.17) is 4.42 Å². The molecule has 5 N–H and O–H groups in total. The second-order valence-corrected chi connectivity index (χ2v) is 7.96. The topological polar surface area (TPSA) is 153 Å². The van der Waals surface area contributed by atoms with Gasteiger partial charge in [0.2, 0.25) is 5.91 Å². The summed E-state index contributed by atoms with van der Waals surface area (Å²) in [4.78, 5) is 40.0. The van der Waals surface area contributed by atoms with Crippen LogP contribution in [0.5, 0.6) is 11.5 Å². The van der Waals surface area contributed by atoms with Gasteiger partial charge in [0.25, 0.3) is 0 Å². The molecule has 2 aromatic heterocycles. The average molecular weight is 450 g/mol. The van der Waals surface area contributed by atoms with E-state index in [-0.39, 0.29) is 35.5 Å². The Morgan fingerprint density at radius 2 is 1.85 bits per heavy atom. The molecule has 9 heteroatoms. The van der Waals surface area contributed by atoms with Crippen molar-refractivity contribution >= 4 is 33.7 Å². The van der Waals surface area contributed by atoms with E-state index in [9.17, 15) is 29.7 Å². The molecule has 0 bridgehead atoms. The van der Waals surface area contributed by atoms with Crippen LogP contribution in [0.3, 0.4) is 0 Å². The highest BCUT2D eigenvalue weighted by molar-refractivity contribution is 5.90. The molecule has 4 aromatic rings. The Kier molecular flexibility index (Phi) is 5.55. The van der Waals surface area contributed by atoms with Crippen LogP contribution in [-0.2, 0) is 22.4 Å². The molecule has 0 aliphatic rings. The van der Waals surface area contributed by atoms with Gasteiger partial charge in [-0.2, -0.15) is 0 Å². The molecule has 33 heavy (non-hydrogen) atoms. The van der Waals surface area contributed by atoms with Gasteiger partial charge >= 0.3 is 11.6 Å². The van der Waals surface area contributed by atoms with E-state index in [2.05, 4.69) is 10.3 Å². The van der Waals surface area contributed by atoms with Gasteiger partial charge in [-0.3, -0.25) is 4.79 Å². The Balaban J connectivity index is 1.58. The second-order valence-electron chi connectivity index (χ2n) is 7.96. The highest BCUT2D eigenvalue weighted by Gasteiger charge is 2.24. The number of aromatic nitrogens is 1. The number of rotatable bonds is 6. The molecular formula is C24H22N2O7. The summed E-state index contributed by atoms with van der Waals surface area (Å²) in [7, 11) is 0. The van der Waals surface area contributed by atoms with Crippen LogP contribution in [0, 0.1) is 13.8 Å². The molecule has 1 amide bonds. The number of phenolic OH excluding ortho intramolecular Hbond substituents is 2. The van der Waals surface area contributed by atoms with Crippen molar-refractivity contribution in [3.63, 3.8) is 0 Å². The van der Waals surface area contributed by atoms with Crippen LogP contribution >= 0.6 is 0 Å². The van der Waals surface area contributed by atoms with Crippen LogP contribution in [-0.4, -0.2) is 38.2 Å². The molecule has 0 fully saturated rings. The van der Waals surface area contributed by atoms with Crippen molar-refractivity contribution in [2.75, 3.05) is 0 Å². The Bertz CT molecular complexity index is 1470. The number of carbonyl (C=O) groups is 2. The molecule has 2 aromatic carbocycles. The minimum Gasteiger partial charge on any atom is -0.508 e. The third-order valence-corrected chi connectivity index (χ3v) is 5.82. The lowest BCUT2D eigenvalue weighted by Gasteiger charge is -2.15. The van der Waals surface area contributed by atoms with Crippen molar-refractivity contribution in [2.45, 2.75) is 32.7 Å².